The van der Waals surface area contributed by atoms with Crippen LogP contribution in [0.1, 0.15) is 21.7 Å². The van der Waals surface area contributed by atoms with E-state index in [2.05, 4.69) is 16.5 Å². The first-order valence-electron chi connectivity index (χ1n) is 6.83. The summed E-state index contributed by atoms with van der Waals surface area (Å²) in [6.07, 6.45) is 0. The summed E-state index contributed by atoms with van der Waals surface area (Å²) in [6, 6.07) is 12.6. The van der Waals surface area contributed by atoms with Crippen molar-refractivity contribution in [3.05, 3.63) is 53.3 Å². The number of anilines is 2. The summed E-state index contributed by atoms with van der Waals surface area (Å²) in [5.41, 5.74) is 3.43. The van der Waals surface area contributed by atoms with Gasteiger partial charge in [-0.1, -0.05) is 29.3 Å². The first-order chi connectivity index (χ1) is 10.6. The van der Waals surface area contributed by atoms with Crippen molar-refractivity contribution in [2.45, 2.75) is 13.8 Å². The molecule has 0 aliphatic rings. The predicted molar refractivity (Wildman–Crippen MR) is 83.4 cm³/mol. The molecule has 1 heterocycles. The van der Waals surface area contributed by atoms with Gasteiger partial charge in [0.05, 0.1) is 12.9 Å². The third-order valence-corrected chi connectivity index (χ3v) is 3.52. The molecule has 0 amide bonds. The second-order valence-corrected chi connectivity index (χ2v) is 4.99. The molecule has 23 heavy (non-hydrogen) atoms. The van der Waals surface area contributed by atoms with E-state index in [9.17, 15) is 4.79 Å². The summed E-state index contributed by atoms with van der Waals surface area (Å²) in [4.78, 5) is 12.1. The van der Waals surface area contributed by atoms with E-state index in [1.807, 2.05) is 31.2 Å². The maximum atomic E-state index is 12.1. The number of carbonyl (C=O) groups is 1. The summed E-state index contributed by atoms with van der Waals surface area (Å²) >= 11 is 0. The van der Waals surface area contributed by atoms with Crippen LogP contribution in [0.25, 0.3) is 10.9 Å². The molecule has 6 heteroatoms. The van der Waals surface area contributed by atoms with Crippen molar-refractivity contribution in [2.24, 2.45) is 0 Å². The van der Waals surface area contributed by atoms with Crippen LogP contribution in [-0.4, -0.2) is 18.2 Å². The summed E-state index contributed by atoms with van der Waals surface area (Å²) < 4.78 is 10.0. The summed E-state index contributed by atoms with van der Waals surface area (Å²) in [7, 11) is 1.35. The van der Waals surface area contributed by atoms with E-state index in [0.717, 1.165) is 16.6 Å². The van der Waals surface area contributed by atoms with Crippen molar-refractivity contribution < 1.29 is 46.8 Å². The van der Waals surface area contributed by atoms with Crippen LogP contribution in [0.2, 0.25) is 0 Å². The number of nitrogens with zero attached hydrogens (tertiary/aromatic N) is 1. The molecule has 5 nitrogen and oxygen atoms in total. The number of nitrogens with one attached hydrogen (secondary N) is 1. The smallest absolute Gasteiger partial charge is 0.282 e. The van der Waals surface area contributed by atoms with Gasteiger partial charge in [-0.2, -0.15) is 0 Å². The largest absolute Gasteiger partial charge is 0.475 e. The molecule has 0 atom stereocenters. The number of esters is 1. The number of hydrogen-bond donors (Lipinski definition) is 1. The van der Waals surface area contributed by atoms with Gasteiger partial charge in [0.15, 0.2) is 0 Å². The van der Waals surface area contributed by atoms with E-state index in [4.69, 9.17) is 9.26 Å². The molecule has 0 fully saturated rings. The molecular weight excluding hydrogens is 369 g/mol. The Morgan fingerprint density at radius 2 is 2.04 bits per heavy atom. The van der Waals surface area contributed by atoms with E-state index in [0.29, 0.717) is 22.5 Å². The van der Waals surface area contributed by atoms with E-state index in [1.165, 1.54) is 7.11 Å². The molecule has 0 saturated heterocycles. The Labute approximate surface area is 159 Å². The minimum absolute atomic E-state index is 0. The van der Waals surface area contributed by atoms with E-state index >= 15 is 0 Å². The SMILES string of the molecule is COC(=O)c1cc2c(C)onc2[c-]c1Nc1ccccc1C.[Y]. The fraction of sp³-hybridized carbons (Fsp3) is 0.176. The zero-order valence-corrected chi connectivity index (χ0v) is 16.0. The Hall–Kier alpha value is -1.72. The number of hydrogen-bond acceptors (Lipinski definition) is 5. The number of benzene rings is 2. The first-order valence-corrected chi connectivity index (χ1v) is 6.83. The Kier molecular flexibility index (Phi) is 5.55. The summed E-state index contributed by atoms with van der Waals surface area (Å²) in [6.45, 7) is 3.78. The standard InChI is InChI=1S/C17H15N2O3.Y/c1-10-6-4-5-7-14(10)18-15-9-16-12(11(2)22-19-16)8-13(15)17(20)21-3;/h4-8,18H,1-3H3;/q-1;. The molecule has 2 aromatic carbocycles. The minimum Gasteiger partial charge on any atom is -0.475 e. The van der Waals surface area contributed by atoms with Crippen LogP contribution in [-0.2, 0) is 37.4 Å². The average molecular weight is 384 g/mol. The van der Waals surface area contributed by atoms with Gasteiger partial charge in [-0.05, 0) is 31.0 Å². The molecule has 0 bridgehead atoms. The first kappa shape index (κ1) is 17.6. The topological polar surface area (TPSA) is 64.4 Å². The zero-order chi connectivity index (χ0) is 15.7. The zero-order valence-electron chi connectivity index (χ0n) is 13.1. The van der Waals surface area contributed by atoms with Crippen molar-refractivity contribution in [1.82, 2.24) is 5.16 Å². The molecule has 115 valence electrons. The number of carbonyl (C=O) groups excluding carboxylic acids is 1. The molecule has 1 aromatic heterocycles. The van der Waals surface area contributed by atoms with Gasteiger partial charge in [-0.3, -0.25) is 4.79 Å². The van der Waals surface area contributed by atoms with Crippen molar-refractivity contribution >= 4 is 28.2 Å². The number of fused-ring (bicyclic) bond motifs is 1. The number of aromatic nitrogens is 1. The molecule has 3 aromatic rings. The fourth-order valence-corrected chi connectivity index (χ4v) is 2.26. The van der Waals surface area contributed by atoms with Crippen LogP contribution in [0.3, 0.4) is 0 Å². The van der Waals surface area contributed by atoms with Crippen molar-refractivity contribution in [2.75, 3.05) is 12.4 Å². The van der Waals surface area contributed by atoms with Crippen LogP contribution in [0.4, 0.5) is 11.4 Å². The number of aryl methyl sites for hydroxylation is 2. The van der Waals surface area contributed by atoms with E-state index < -0.39 is 5.97 Å². The number of methoxy groups -OCH3 is 1. The third kappa shape index (κ3) is 3.46. The molecule has 1 N–H and O–H groups in total. The molecule has 3 rings (SSSR count). The van der Waals surface area contributed by atoms with Crippen LogP contribution in [0.15, 0.2) is 34.9 Å². The van der Waals surface area contributed by atoms with Crippen molar-refractivity contribution in [3.63, 3.8) is 0 Å². The van der Waals surface area contributed by atoms with Gasteiger partial charge in [-0.15, -0.1) is 17.3 Å². The molecule has 0 aliphatic carbocycles. The van der Waals surface area contributed by atoms with Gasteiger partial charge in [-0.25, -0.2) is 0 Å². The van der Waals surface area contributed by atoms with E-state index in [-0.39, 0.29) is 32.7 Å². The molecular formula is C17H15N2O3Y-. The maximum absolute atomic E-state index is 12.1. The second kappa shape index (κ2) is 7.24. The molecule has 0 unspecified atom stereocenters. The quantitative estimate of drug-likeness (QED) is 0.550. The monoisotopic (exact) mass is 384 g/mol. The molecule has 0 spiro atoms. The normalized spacial score (nSPS) is 10.2. The maximum Gasteiger partial charge on any atom is 0.282 e. The number of ether oxygens (including phenoxy) is 1. The van der Waals surface area contributed by atoms with Crippen LogP contribution < -0.4 is 5.32 Å². The van der Waals surface area contributed by atoms with Gasteiger partial charge in [0.2, 0.25) is 0 Å². The van der Waals surface area contributed by atoms with Gasteiger partial charge < -0.3 is 14.6 Å². The molecule has 0 aliphatic heterocycles. The van der Waals surface area contributed by atoms with Crippen LogP contribution in [0.5, 0.6) is 0 Å². The van der Waals surface area contributed by atoms with Crippen LogP contribution >= 0.6 is 0 Å². The van der Waals surface area contributed by atoms with Crippen molar-refractivity contribution in [3.8, 4) is 0 Å². The number of rotatable bonds is 3. The second-order valence-electron chi connectivity index (χ2n) is 4.99. The van der Waals surface area contributed by atoms with Crippen molar-refractivity contribution in [1.29, 1.82) is 0 Å². The average Bonchev–Trinajstić information content (AvgIpc) is 2.88. The van der Waals surface area contributed by atoms with Gasteiger partial charge >= 0.3 is 0 Å². The van der Waals surface area contributed by atoms with Crippen LogP contribution in [0, 0.1) is 19.9 Å². The molecule has 1 radical (unpaired) electrons. The van der Waals surface area contributed by atoms with E-state index in [1.54, 1.807) is 13.0 Å². The Balaban J connectivity index is 0.00000192. The third-order valence-electron chi connectivity index (χ3n) is 3.52. The summed E-state index contributed by atoms with van der Waals surface area (Å²) in [5, 5.41) is 7.91. The van der Waals surface area contributed by atoms with Gasteiger partial charge in [0.1, 0.15) is 0 Å². The Bertz CT molecular complexity index is 858. The Morgan fingerprint density at radius 1 is 1.30 bits per heavy atom. The Morgan fingerprint density at radius 3 is 2.74 bits per heavy atom. The predicted octanol–water partition coefficient (Wildman–Crippen LogP) is 3.77. The fourth-order valence-electron chi connectivity index (χ4n) is 2.26. The van der Waals surface area contributed by atoms with Gasteiger partial charge in [0, 0.05) is 43.9 Å². The molecule has 0 saturated carbocycles. The minimum atomic E-state index is -0.435. The number of para-hydroxylation sites is 1. The van der Waals surface area contributed by atoms with Gasteiger partial charge in [0.25, 0.3) is 5.97 Å². The summed E-state index contributed by atoms with van der Waals surface area (Å²) in [5.74, 6) is 0.202.